The number of aliphatic imine (C=N–C) groups is 1. The molecule has 0 radical (unpaired) electrons. The van der Waals surface area contributed by atoms with Gasteiger partial charge in [-0.3, -0.25) is 43.0 Å². The lowest BCUT2D eigenvalue weighted by atomic mass is 9.89. The minimum Gasteiger partial charge on any atom is -0.379 e. The lowest BCUT2D eigenvalue weighted by Crippen LogP contribution is -2.55. The number of nitrogens with zero attached hydrogens (tertiary/aromatic N) is 6. The summed E-state index contributed by atoms with van der Waals surface area (Å²) < 4.78 is 26.2. The Balaban J connectivity index is 1.66. The molecule has 1 aromatic carbocycles. The molecule has 21 heteroatoms. The quantitative estimate of drug-likeness (QED) is 0.0284. The summed E-state index contributed by atoms with van der Waals surface area (Å²) in [5.41, 5.74) is 0.672. The second-order valence-electron chi connectivity index (χ2n) is 20.1. The van der Waals surface area contributed by atoms with E-state index in [2.05, 4.69) is 16.0 Å². The van der Waals surface area contributed by atoms with Gasteiger partial charge in [0, 0.05) is 101 Å². The number of imide groups is 1. The third-order valence-electron chi connectivity index (χ3n) is 13.8. The summed E-state index contributed by atoms with van der Waals surface area (Å²) in [7, 11) is 7.86. The molecule has 0 bridgehead atoms. The highest BCUT2D eigenvalue weighted by atomic mass is 31.2. The van der Waals surface area contributed by atoms with Crippen molar-refractivity contribution >= 4 is 54.7 Å². The second-order valence-corrected chi connectivity index (χ2v) is 22.6. The first kappa shape index (κ1) is 62.1. The number of unbranched alkanes of at least 4 members (excludes halogenated alkanes) is 2. The highest BCUT2D eigenvalue weighted by Crippen LogP contribution is 2.46. The normalized spacial score (nSPS) is 18.2. The zero-order chi connectivity index (χ0) is 54.6. The van der Waals surface area contributed by atoms with Crippen molar-refractivity contribution in [1.82, 2.24) is 40.4 Å². The van der Waals surface area contributed by atoms with Crippen LogP contribution in [-0.2, 0) is 54.0 Å². The fourth-order valence-electron chi connectivity index (χ4n) is 9.58. The molecule has 3 unspecified atom stereocenters. The molecular formula is C52H86N9O11P. The molecule has 3 rings (SSSR count). The zero-order valence-corrected chi connectivity index (χ0v) is 46.4. The van der Waals surface area contributed by atoms with Crippen molar-refractivity contribution in [1.29, 1.82) is 0 Å². The van der Waals surface area contributed by atoms with E-state index in [-0.39, 0.29) is 73.7 Å². The van der Waals surface area contributed by atoms with Crippen LogP contribution in [-0.4, -0.2) is 195 Å². The van der Waals surface area contributed by atoms with Crippen molar-refractivity contribution in [2.45, 2.75) is 135 Å². The maximum atomic E-state index is 14.5. The summed E-state index contributed by atoms with van der Waals surface area (Å²) in [6.07, 6.45) is 4.54. The molecular weight excluding hydrogens is 958 g/mol. The van der Waals surface area contributed by atoms with Crippen LogP contribution in [0.15, 0.2) is 47.5 Å². The largest absolute Gasteiger partial charge is 0.379 e. The van der Waals surface area contributed by atoms with Crippen molar-refractivity contribution < 1.29 is 52.5 Å². The molecule has 4 N–H and O–H groups in total. The van der Waals surface area contributed by atoms with Crippen molar-refractivity contribution in [2.75, 3.05) is 81.8 Å². The van der Waals surface area contributed by atoms with Crippen LogP contribution >= 0.6 is 7.37 Å². The molecule has 1 fully saturated rings. The smallest absolute Gasteiger partial charge is 0.253 e. The first-order valence-electron chi connectivity index (χ1n) is 25.8. The van der Waals surface area contributed by atoms with Crippen molar-refractivity contribution in [3.8, 4) is 0 Å². The number of ether oxygens (including phenoxy) is 2. The Morgan fingerprint density at radius 2 is 1.48 bits per heavy atom. The van der Waals surface area contributed by atoms with E-state index in [1.807, 2.05) is 65.7 Å². The van der Waals surface area contributed by atoms with Crippen LogP contribution in [0.1, 0.15) is 98.0 Å². The number of likely N-dealkylation sites (N-methyl/N-ethyl adjacent to an activating group) is 1. The molecule has 2 heterocycles. The van der Waals surface area contributed by atoms with Gasteiger partial charge in [-0.1, -0.05) is 77.8 Å². The first-order valence-corrected chi connectivity index (χ1v) is 27.7. The Morgan fingerprint density at radius 3 is 2.04 bits per heavy atom. The van der Waals surface area contributed by atoms with Crippen molar-refractivity contribution in [3.63, 3.8) is 0 Å². The number of guanidine groups is 1. The molecule has 2 aliphatic rings. The van der Waals surface area contributed by atoms with E-state index in [4.69, 9.17) is 14.5 Å². The number of nitrogens with one attached hydrogen (secondary N) is 3. The highest BCUT2D eigenvalue weighted by molar-refractivity contribution is 7.59. The topological polar surface area (TPSA) is 240 Å². The van der Waals surface area contributed by atoms with Crippen LogP contribution in [0.25, 0.3) is 0 Å². The molecule has 0 aliphatic carbocycles. The van der Waals surface area contributed by atoms with E-state index in [1.165, 1.54) is 24.2 Å². The number of carbonyl (C=O) groups excluding carboxylic acids is 7. The number of likely N-dealkylation sites (tertiary alicyclic amines) is 1. The van der Waals surface area contributed by atoms with Crippen LogP contribution in [0, 0.1) is 17.8 Å². The van der Waals surface area contributed by atoms with E-state index in [0.717, 1.165) is 0 Å². The molecule has 2 aliphatic heterocycles. The monoisotopic (exact) mass is 1040 g/mol. The van der Waals surface area contributed by atoms with Gasteiger partial charge in [-0.25, -0.2) is 4.99 Å². The summed E-state index contributed by atoms with van der Waals surface area (Å²) in [4.78, 5) is 117. The second kappa shape index (κ2) is 30.3. The molecule has 0 saturated carbocycles. The molecule has 410 valence electrons. The van der Waals surface area contributed by atoms with E-state index < -0.39 is 67.4 Å². The van der Waals surface area contributed by atoms with Gasteiger partial charge in [0.15, 0.2) is 5.96 Å². The van der Waals surface area contributed by atoms with Gasteiger partial charge in [0.05, 0.1) is 36.6 Å². The van der Waals surface area contributed by atoms with Crippen LogP contribution in [0.5, 0.6) is 0 Å². The SMILES string of the molecule is CC[C@H](C)[C@@H]([C@@H](CC(=O)N1CCCC1[C@H](OC)[C@@H](C)C(=O)N[C@@H](Cc1ccccc1)P(=O)(O)CC(=O)NCCCNC(=O)CCCCCN1C(=O)C=CC1=O)OC)N(C)C(=O)C(N=C(N(C)C)N(C)C)C(C)C. The number of methoxy groups -OCH3 is 2. The highest BCUT2D eigenvalue weighted by Gasteiger charge is 2.44. The van der Waals surface area contributed by atoms with E-state index in [1.54, 1.807) is 61.2 Å². The summed E-state index contributed by atoms with van der Waals surface area (Å²) in [6.45, 7) is 10.8. The van der Waals surface area contributed by atoms with Gasteiger partial charge < -0.3 is 49.9 Å². The summed E-state index contributed by atoms with van der Waals surface area (Å²) >= 11 is 0. The minimum absolute atomic E-state index is 0.0345. The number of carbonyl (C=O) groups is 7. The number of benzene rings is 1. The number of hydrogen-bond acceptors (Lipinski definition) is 11. The molecule has 9 atom stereocenters. The van der Waals surface area contributed by atoms with Gasteiger partial charge in [-0.05, 0) is 49.5 Å². The third-order valence-corrected chi connectivity index (χ3v) is 15.8. The maximum absolute atomic E-state index is 14.5. The molecule has 20 nitrogen and oxygen atoms in total. The predicted octanol–water partition coefficient (Wildman–Crippen LogP) is 3.47. The average molecular weight is 1040 g/mol. The number of amides is 7. The third kappa shape index (κ3) is 18.6. The standard InChI is InChI=1S/C52H86N9O11P/c1-13-36(4)48(59(10)51(68)47(35(2)3)56-52(57(6)7)58(8)9)40(71-11)33-46(66)60-31-20-24-39(60)49(72-12)37(5)50(67)55-43(32-38-22-16-14-17-23-38)73(69,70)34-42(63)54-29-21-28-53-41(62)25-18-15-19-30-61-44(64)26-27-45(61)65/h14,16-17,22-23,26-27,35-37,39-40,43,47-49H,13,15,18-21,24-25,28-34H2,1-12H3,(H,53,62)(H,54,63)(H,55,67)(H,69,70)/t36-,37+,39?,40+,43+,47?,48-,49+/m0/s1. The predicted molar refractivity (Wildman–Crippen MR) is 281 cm³/mol. The van der Waals surface area contributed by atoms with Gasteiger partial charge in [0.25, 0.3) is 11.8 Å². The Hall–Kier alpha value is -5.17. The maximum Gasteiger partial charge on any atom is 0.253 e. The van der Waals surface area contributed by atoms with Gasteiger partial charge in [-0.2, -0.15) is 0 Å². The van der Waals surface area contributed by atoms with Gasteiger partial charge in [0.1, 0.15) is 18.0 Å². The minimum atomic E-state index is -4.41. The summed E-state index contributed by atoms with van der Waals surface area (Å²) in [6, 6.07) is 7.21. The Labute approximate surface area is 433 Å². The van der Waals surface area contributed by atoms with Gasteiger partial charge in [0.2, 0.25) is 36.9 Å². The average Bonchev–Trinajstić information content (AvgIpc) is 3.95. The van der Waals surface area contributed by atoms with E-state index in [0.29, 0.717) is 69.6 Å². The number of rotatable bonds is 30. The molecule has 73 heavy (non-hydrogen) atoms. The fraction of sp³-hybridized carbons (Fsp3) is 0.692. The van der Waals surface area contributed by atoms with E-state index >= 15 is 0 Å². The van der Waals surface area contributed by atoms with Crippen molar-refractivity contribution in [3.05, 3.63) is 48.0 Å². The molecule has 1 saturated heterocycles. The Bertz CT molecular complexity index is 2080. The van der Waals surface area contributed by atoms with Gasteiger partial charge in [-0.15, -0.1) is 0 Å². The molecule has 7 amide bonds. The first-order chi connectivity index (χ1) is 34.5. The molecule has 0 aromatic heterocycles. The fourth-order valence-corrected chi connectivity index (χ4v) is 11.1. The van der Waals surface area contributed by atoms with Crippen molar-refractivity contribution in [2.24, 2.45) is 22.7 Å². The zero-order valence-electron chi connectivity index (χ0n) is 45.5. The summed E-state index contributed by atoms with van der Waals surface area (Å²) in [5.74, 6) is -4.25. The molecule has 0 spiro atoms. The van der Waals surface area contributed by atoms with Crippen LogP contribution in [0.3, 0.4) is 0 Å². The number of hydrogen-bond donors (Lipinski definition) is 4. The Kier molecular flexibility index (Phi) is 25.8. The molecule has 1 aromatic rings. The van der Waals surface area contributed by atoms with Gasteiger partial charge >= 0.3 is 0 Å². The lowest BCUT2D eigenvalue weighted by Gasteiger charge is -2.40. The van der Waals surface area contributed by atoms with Crippen LogP contribution in [0.4, 0.5) is 0 Å². The van der Waals surface area contributed by atoms with Crippen LogP contribution in [0.2, 0.25) is 0 Å². The summed E-state index contributed by atoms with van der Waals surface area (Å²) in [5, 5.41) is 8.24. The van der Waals surface area contributed by atoms with Crippen LogP contribution < -0.4 is 16.0 Å². The van der Waals surface area contributed by atoms with E-state index in [9.17, 15) is 43.0 Å². The lowest BCUT2D eigenvalue weighted by molar-refractivity contribution is -0.146. The Morgan fingerprint density at radius 1 is 0.863 bits per heavy atom.